The minimum Gasteiger partial charge on any atom is -0.339 e. The van der Waals surface area contributed by atoms with Gasteiger partial charge in [0.05, 0.1) is 6.33 Å². The lowest BCUT2D eigenvalue weighted by atomic mass is 9.98. The molecule has 0 bridgehead atoms. The fourth-order valence-electron chi connectivity index (χ4n) is 3.53. The summed E-state index contributed by atoms with van der Waals surface area (Å²) in [5.41, 5.74) is 1.14. The molecule has 1 unspecified atom stereocenters. The van der Waals surface area contributed by atoms with E-state index in [0.29, 0.717) is 19.6 Å². The Balaban J connectivity index is 1.55. The van der Waals surface area contributed by atoms with Gasteiger partial charge in [-0.05, 0) is 30.5 Å². The Morgan fingerprint density at radius 1 is 1.19 bits per heavy atom. The third-order valence-electron chi connectivity index (χ3n) is 4.88. The van der Waals surface area contributed by atoms with Crippen molar-refractivity contribution < 1.29 is 8.42 Å². The van der Waals surface area contributed by atoms with Crippen molar-refractivity contribution in [1.29, 1.82) is 0 Å². The first-order chi connectivity index (χ1) is 13.0. The van der Waals surface area contributed by atoms with E-state index in [1.807, 2.05) is 18.3 Å². The standard InChI is InChI=1S/C18H22N6O2S/c1-22-13-17(21-14-22)27(25,26)24-9-2-3-16(12-24)18-20-8-10-23(18)11-15-4-6-19-7-5-15/h4-8,10,13-14,16H,2-3,9,11-12H2,1H3. The summed E-state index contributed by atoms with van der Waals surface area (Å²) >= 11 is 0. The molecule has 0 amide bonds. The molecule has 1 aliphatic heterocycles. The van der Waals surface area contributed by atoms with E-state index in [9.17, 15) is 8.42 Å². The van der Waals surface area contributed by atoms with Crippen molar-refractivity contribution in [1.82, 2.24) is 28.4 Å². The van der Waals surface area contributed by atoms with E-state index in [2.05, 4.69) is 19.5 Å². The second-order valence-corrected chi connectivity index (χ2v) is 8.73. The number of hydrogen-bond donors (Lipinski definition) is 0. The van der Waals surface area contributed by atoms with Crippen LogP contribution in [0.2, 0.25) is 0 Å². The largest absolute Gasteiger partial charge is 0.339 e. The van der Waals surface area contributed by atoms with Crippen LogP contribution in [-0.4, -0.2) is 49.9 Å². The molecule has 0 radical (unpaired) electrons. The molecule has 0 aromatic carbocycles. The Labute approximate surface area is 158 Å². The van der Waals surface area contributed by atoms with E-state index in [-0.39, 0.29) is 10.9 Å². The second-order valence-electron chi connectivity index (χ2n) is 6.85. The number of pyridine rings is 1. The van der Waals surface area contributed by atoms with E-state index < -0.39 is 10.0 Å². The van der Waals surface area contributed by atoms with Gasteiger partial charge in [-0.15, -0.1) is 0 Å². The van der Waals surface area contributed by atoms with E-state index in [1.165, 1.54) is 10.6 Å². The number of rotatable bonds is 5. The Morgan fingerprint density at radius 3 is 2.74 bits per heavy atom. The molecular weight excluding hydrogens is 364 g/mol. The van der Waals surface area contributed by atoms with Crippen molar-refractivity contribution in [2.24, 2.45) is 7.05 Å². The highest BCUT2D eigenvalue weighted by Crippen LogP contribution is 2.29. The number of nitrogens with zero attached hydrogens (tertiary/aromatic N) is 6. The van der Waals surface area contributed by atoms with Gasteiger partial charge in [0.2, 0.25) is 0 Å². The molecule has 4 heterocycles. The van der Waals surface area contributed by atoms with Crippen LogP contribution >= 0.6 is 0 Å². The minimum atomic E-state index is -3.58. The monoisotopic (exact) mass is 386 g/mol. The molecule has 1 fully saturated rings. The first kappa shape index (κ1) is 17.9. The van der Waals surface area contributed by atoms with E-state index >= 15 is 0 Å². The molecule has 8 nitrogen and oxygen atoms in total. The molecule has 0 saturated carbocycles. The Kier molecular flexibility index (Phi) is 4.79. The summed E-state index contributed by atoms with van der Waals surface area (Å²) in [7, 11) is -1.82. The van der Waals surface area contributed by atoms with E-state index in [1.54, 1.807) is 36.4 Å². The van der Waals surface area contributed by atoms with Crippen molar-refractivity contribution in [3.63, 3.8) is 0 Å². The maximum atomic E-state index is 12.9. The van der Waals surface area contributed by atoms with Crippen molar-refractivity contribution >= 4 is 10.0 Å². The summed E-state index contributed by atoms with van der Waals surface area (Å²) in [5, 5.41) is 0.103. The van der Waals surface area contributed by atoms with Gasteiger partial charge in [0.15, 0.2) is 5.03 Å². The van der Waals surface area contributed by atoms with Gasteiger partial charge >= 0.3 is 0 Å². The molecule has 0 spiro atoms. The number of sulfonamides is 1. The molecule has 0 aliphatic carbocycles. The highest BCUT2D eigenvalue weighted by Gasteiger charge is 2.33. The summed E-state index contributed by atoms with van der Waals surface area (Å²) in [4.78, 5) is 12.6. The van der Waals surface area contributed by atoms with Crippen LogP contribution in [0.4, 0.5) is 0 Å². The van der Waals surface area contributed by atoms with Crippen LogP contribution in [0.15, 0.2) is 54.5 Å². The zero-order valence-corrected chi connectivity index (χ0v) is 16.0. The first-order valence-electron chi connectivity index (χ1n) is 8.92. The van der Waals surface area contributed by atoms with Crippen LogP contribution in [0, 0.1) is 0 Å². The van der Waals surface area contributed by atoms with Gasteiger partial charge in [-0.3, -0.25) is 4.98 Å². The van der Waals surface area contributed by atoms with Crippen LogP contribution < -0.4 is 0 Å². The molecule has 1 atom stereocenters. The second kappa shape index (κ2) is 7.24. The van der Waals surface area contributed by atoms with Crippen molar-refractivity contribution in [3.05, 3.63) is 60.8 Å². The van der Waals surface area contributed by atoms with Crippen LogP contribution in [-0.2, 0) is 23.6 Å². The molecule has 1 aliphatic rings. The Morgan fingerprint density at radius 2 is 2.00 bits per heavy atom. The van der Waals surface area contributed by atoms with E-state index in [4.69, 9.17) is 0 Å². The van der Waals surface area contributed by atoms with Crippen LogP contribution in [0.25, 0.3) is 0 Å². The van der Waals surface area contributed by atoms with Crippen LogP contribution in [0.3, 0.4) is 0 Å². The number of aromatic nitrogens is 5. The van der Waals surface area contributed by atoms with Gasteiger partial charge in [0.25, 0.3) is 10.0 Å². The molecule has 1 saturated heterocycles. The molecule has 0 N–H and O–H groups in total. The van der Waals surface area contributed by atoms with Crippen molar-refractivity contribution in [2.45, 2.75) is 30.3 Å². The normalized spacial score (nSPS) is 18.6. The lowest BCUT2D eigenvalue weighted by Gasteiger charge is -2.31. The highest BCUT2D eigenvalue weighted by atomic mass is 32.2. The number of imidazole rings is 2. The predicted molar refractivity (Wildman–Crippen MR) is 99.5 cm³/mol. The highest BCUT2D eigenvalue weighted by molar-refractivity contribution is 7.89. The summed E-state index contributed by atoms with van der Waals surface area (Å²) < 4.78 is 31.1. The quantitative estimate of drug-likeness (QED) is 0.665. The smallest absolute Gasteiger partial charge is 0.262 e. The predicted octanol–water partition coefficient (Wildman–Crippen LogP) is 1.63. The van der Waals surface area contributed by atoms with Gasteiger partial charge in [-0.25, -0.2) is 18.4 Å². The summed E-state index contributed by atoms with van der Waals surface area (Å²) in [6.45, 7) is 1.63. The summed E-state index contributed by atoms with van der Waals surface area (Å²) in [6.07, 6.45) is 12.0. The third-order valence-corrected chi connectivity index (χ3v) is 6.64. The summed E-state index contributed by atoms with van der Waals surface area (Å²) in [6, 6.07) is 3.95. The van der Waals surface area contributed by atoms with Crippen molar-refractivity contribution in [2.75, 3.05) is 13.1 Å². The zero-order chi connectivity index (χ0) is 18.9. The van der Waals surface area contributed by atoms with Gasteiger partial charge < -0.3 is 9.13 Å². The SMILES string of the molecule is Cn1cnc(S(=O)(=O)N2CCCC(c3nccn3Cc3ccncc3)C2)c1. The van der Waals surface area contributed by atoms with Crippen molar-refractivity contribution in [3.8, 4) is 0 Å². The minimum absolute atomic E-state index is 0.0640. The number of hydrogen-bond acceptors (Lipinski definition) is 5. The third kappa shape index (κ3) is 3.65. The van der Waals surface area contributed by atoms with Gasteiger partial charge in [-0.2, -0.15) is 4.31 Å². The molecule has 3 aromatic heterocycles. The Hall–Kier alpha value is -2.52. The lowest BCUT2D eigenvalue weighted by molar-refractivity contribution is 0.304. The maximum Gasteiger partial charge on any atom is 0.262 e. The van der Waals surface area contributed by atoms with E-state index in [0.717, 1.165) is 24.2 Å². The fraction of sp³-hybridized carbons (Fsp3) is 0.389. The van der Waals surface area contributed by atoms with Crippen LogP contribution in [0.5, 0.6) is 0 Å². The Bertz CT molecular complexity index is 1010. The molecule has 3 aromatic rings. The average Bonchev–Trinajstić information content (AvgIpc) is 3.32. The van der Waals surface area contributed by atoms with Gasteiger partial charge in [-0.1, -0.05) is 0 Å². The summed E-state index contributed by atoms with van der Waals surface area (Å²) in [5.74, 6) is 0.988. The molecular formula is C18H22N6O2S. The van der Waals surface area contributed by atoms with Crippen LogP contribution in [0.1, 0.15) is 30.1 Å². The molecule has 4 rings (SSSR count). The lowest BCUT2D eigenvalue weighted by Crippen LogP contribution is -2.39. The zero-order valence-electron chi connectivity index (χ0n) is 15.1. The van der Waals surface area contributed by atoms with Gasteiger partial charge in [0.1, 0.15) is 5.82 Å². The molecule has 9 heteroatoms. The topological polar surface area (TPSA) is 85.9 Å². The maximum absolute atomic E-state index is 12.9. The number of piperidine rings is 1. The molecule has 142 valence electrons. The number of aryl methyl sites for hydroxylation is 1. The fourth-order valence-corrected chi connectivity index (χ4v) is 5.02. The molecule has 27 heavy (non-hydrogen) atoms. The average molecular weight is 386 g/mol. The first-order valence-corrected chi connectivity index (χ1v) is 10.4. The van der Waals surface area contributed by atoms with Gasteiger partial charge in [0, 0.05) is 63.6 Å².